The van der Waals surface area contributed by atoms with E-state index in [1.807, 2.05) is 25.1 Å². The number of rotatable bonds is 4. The van der Waals surface area contributed by atoms with Gasteiger partial charge in [0.25, 0.3) is 0 Å². The van der Waals surface area contributed by atoms with Gasteiger partial charge in [0.05, 0.1) is 0 Å². The van der Waals surface area contributed by atoms with E-state index in [-0.39, 0.29) is 6.54 Å². The van der Waals surface area contributed by atoms with E-state index in [2.05, 4.69) is 33.4 Å². The molecule has 1 aromatic heterocycles. The van der Waals surface area contributed by atoms with Gasteiger partial charge in [-0.05, 0) is 30.5 Å². The van der Waals surface area contributed by atoms with Crippen LogP contribution in [0.2, 0.25) is 0 Å². The summed E-state index contributed by atoms with van der Waals surface area (Å²) >= 11 is 0. The number of hydrogen-bond acceptors (Lipinski definition) is 8. The average molecular weight is 395 g/mol. The molecule has 4 rings (SSSR count). The molecule has 0 bridgehead atoms. The van der Waals surface area contributed by atoms with Crippen molar-refractivity contribution in [3.05, 3.63) is 65.4 Å². The van der Waals surface area contributed by atoms with Crippen LogP contribution < -0.4 is 10.2 Å². The molecule has 2 aromatic rings. The normalized spacial score (nSPS) is 17.8. The first-order valence-corrected chi connectivity index (χ1v) is 9.31. The summed E-state index contributed by atoms with van der Waals surface area (Å²) in [4.78, 5) is 29.7. The second-order valence-corrected chi connectivity index (χ2v) is 7.03. The second-order valence-electron chi connectivity index (χ2n) is 7.03. The fourth-order valence-corrected chi connectivity index (χ4v) is 3.45. The van der Waals surface area contributed by atoms with Crippen LogP contribution in [-0.4, -0.2) is 41.1 Å². The number of anilines is 2. The van der Waals surface area contributed by atoms with E-state index in [0.717, 1.165) is 43.0 Å². The number of carbonyl (C=O) groups excluding carboxylic acids is 2. The number of nitrogens with one attached hydrogen (secondary N) is 1. The summed E-state index contributed by atoms with van der Waals surface area (Å²) in [6.07, 6.45) is 2.76. The maximum atomic E-state index is 11.5. The van der Waals surface area contributed by atoms with Crippen LogP contribution in [0, 0.1) is 6.92 Å². The van der Waals surface area contributed by atoms with Gasteiger partial charge in [-0.1, -0.05) is 24.3 Å². The lowest BCUT2D eigenvalue weighted by Crippen LogP contribution is -2.44. The number of carbonyl (C=O) groups is 2. The SMILES string of the molecule is Cc1cc(N2CCc3ccccc3C2)cc(NCC2(O)OC(=O)C=CC(=O)O2)n1. The van der Waals surface area contributed by atoms with Gasteiger partial charge < -0.3 is 24.8 Å². The quantitative estimate of drug-likeness (QED) is 0.754. The first kappa shape index (κ1) is 18.9. The molecular weight excluding hydrogens is 374 g/mol. The molecule has 2 aliphatic rings. The zero-order valence-corrected chi connectivity index (χ0v) is 15.9. The Labute approximate surface area is 167 Å². The van der Waals surface area contributed by atoms with E-state index in [4.69, 9.17) is 9.47 Å². The summed E-state index contributed by atoms with van der Waals surface area (Å²) in [7, 11) is 0. The topological polar surface area (TPSA) is 101 Å². The van der Waals surface area contributed by atoms with Gasteiger partial charge in [-0.2, -0.15) is 0 Å². The molecule has 0 amide bonds. The largest absolute Gasteiger partial charge is 0.393 e. The van der Waals surface area contributed by atoms with Gasteiger partial charge in [0.1, 0.15) is 12.4 Å². The summed E-state index contributed by atoms with van der Waals surface area (Å²) in [5, 5.41) is 13.2. The van der Waals surface area contributed by atoms with Crippen molar-refractivity contribution in [3.63, 3.8) is 0 Å². The zero-order chi connectivity index (χ0) is 20.4. The van der Waals surface area contributed by atoms with Crippen LogP contribution in [0.5, 0.6) is 0 Å². The molecule has 0 fully saturated rings. The minimum Gasteiger partial charge on any atom is -0.393 e. The molecule has 0 aliphatic carbocycles. The lowest BCUT2D eigenvalue weighted by Gasteiger charge is -2.31. The number of aromatic nitrogens is 1. The first-order valence-electron chi connectivity index (χ1n) is 9.31. The minimum atomic E-state index is -2.41. The number of aryl methyl sites for hydroxylation is 1. The molecule has 0 spiro atoms. The number of aliphatic hydroxyl groups is 1. The highest BCUT2D eigenvalue weighted by molar-refractivity contribution is 5.93. The van der Waals surface area contributed by atoms with Gasteiger partial charge >= 0.3 is 17.9 Å². The first-order chi connectivity index (χ1) is 13.9. The van der Waals surface area contributed by atoms with Gasteiger partial charge in [-0.25, -0.2) is 14.6 Å². The standard InChI is InChI=1S/C21H21N3O5/c1-14-10-17(24-9-8-15-4-2-3-5-16(15)12-24)11-18(23-14)22-13-21(27)28-19(25)6-7-20(26)29-21/h2-7,10-11,27H,8-9,12-13H2,1H3,(H,22,23). The van der Waals surface area contributed by atoms with Crippen LogP contribution in [0.4, 0.5) is 11.5 Å². The van der Waals surface area contributed by atoms with Crippen LogP contribution in [0.15, 0.2) is 48.6 Å². The Morgan fingerprint density at radius 3 is 2.55 bits per heavy atom. The van der Waals surface area contributed by atoms with Crippen molar-refractivity contribution in [2.45, 2.75) is 25.9 Å². The van der Waals surface area contributed by atoms with E-state index in [1.54, 1.807) is 0 Å². The van der Waals surface area contributed by atoms with Crippen molar-refractivity contribution in [2.75, 3.05) is 23.3 Å². The Kier molecular flexibility index (Phi) is 4.94. The number of hydrogen-bond donors (Lipinski definition) is 2. The van der Waals surface area contributed by atoms with Crippen LogP contribution in [0.25, 0.3) is 0 Å². The maximum Gasteiger partial charge on any atom is 0.392 e. The maximum absolute atomic E-state index is 11.5. The Morgan fingerprint density at radius 1 is 1.14 bits per heavy atom. The predicted molar refractivity (Wildman–Crippen MR) is 105 cm³/mol. The molecule has 0 saturated heterocycles. The van der Waals surface area contributed by atoms with E-state index in [9.17, 15) is 14.7 Å². The number of fused-ring (bicyclic) bond motifs is 1. The molecule has 1 aromatic carbocycles. The van der Waals surface area contributed by atoms with Crippen molar-refractivity contribution in [1.29, 1.82) is 0 Å². The molecule has 2 N–H and O–H groups in total. The van der Waals surface area contributed by atoms with Crippen molar-refractivity contribution in [2.24, 2.45) is 0 Å². The number of esters is 2. The monoisotopic (exact) mass is 395 g/mol. The van der Waals surface area contributed by atoms with Crippen molar-refractivity contribution >= 4 is 23.4 Å². The number of nitrogens with zero attached hydrogens (tertiary/aromatic N) is 2. The smallest absolute Gasteiger partial charge is 0.392 e. The molecule has 0 unspecified atom stereocenters. The summed E-state index contributed by atoms with van der Waals surface area (Å²) in [5.74, 6) is -3.68. The highest BCUT2D eigenvalue weighted by atomic mass is 16.8. The van der Waals surface area contributed by atoms with Crippen molar-refractivity contribution in [3.8, 4) is 0 Å². The minimum absolute atomic E-state index is 0.356. The Balaban J connectivity index is 1.49. The van der Waals surface area contributed by atoms with Crippen LogP contribution in [0.1, 0.15) is 16.8 Å². The van der Waals surface area contributed by atoms with Gasteiger partial charge in [0, 0.05) is 42.7 Å². The summed E-state index contributed by atoms with van der Waals surface area (Å²) in [6, 6.07) is 12.2. The lowest BCUT2D eigenvalue weighted by molar-refractivity contribution is -0.310. The predicted octanol–water partition coefficient (Wildman–Crippen LogP) is 1.67. The average Bonchev–Trinajstić information content (AvgIpc) is 2.83. The molecule has 8 heteroatoms. The zero-order valence-electron chi connectivity index (χ0n) is 15.9. The van der Waals surface area contributed by atoms with E-state index >= 15 is 0 Å². The van der Waals surface area contributed by atoms with Gasteiger partial charge in [-0.3, -0.25) is 0 Å². The summed E-state index contributed by atoms with van der Waals surface area (Å²) in [6.45, 7) is 3.19. The third kappa shape index (κ3) is 4.38. The van der Waals surface area contributed by atoms with Crippen molar-refractivity contribution < 1.29 is 24.2 Å². The van der Waals surface area contributed by atoms with Crippen molar-refractivity contribution in [1.82, 2.24) is 4.98 Å². The third-order valence-corrected chi connectivity index (χ3v) is 4.80. The van der Waals surface area contributed by atoms with Crippen LogP contribution >= 0.6 is 0 Å². The number of ether oxygens (including phenoxy) is 2. The van der Waals surface area contributed by atoms with Gasteiger partial charge in [0.15, 0.2) is 0 Å². The van der Waals surface area contributed by atoms with Crippen LogP contribution in [0.3, 0.4) is 0 Å². The fourth-order valence-electron chi connectivity index (χ4n) is 3.45. The highest BCUT2D eigenvalue weighted by Crippen LogP contribution is 2.27. The molecule has 0 atom stereocenters. The molecule has 0 radical (unpaired) electrons. The molecular formula is C21H21N3O5. The Morgan fingerprint density at radius 2 is 1.83 bits per heavy atom. The Bertz CT molecular complexity index is 968. The molecule has 3 heterocycles. The molecule has 0 saturated carbocycles. The van der Waals surface area contributed by atoms with E-state index in [0.29, 0.717) is 5.82 Å². The summed E-state index contributed by atoms with van der Waals surface area (Å²) in [5.41, 5.74) is 4.42. The second kappa shape index (κ2) is 7.56. The van der Waals surface area contributed by atoms with Crippen LogP contribution in [-0.2, 0) is 32.0 Å². The number of cyclic esters (lactones) is 2. The molecule has 2 aliphatic heterocycles. The molecule has 29 heavy (non-hydrogen) atoms. The lowest BCUT2D eigenvalue weighted by atomic mass is 9.99. The number of pyridine rings is 1. The fraction of sp³-hybridized carbons (Fsp3) is 0.286. The number of benzene rings is 1. The van der Waals surface area contributed by atoms with E-state index < -0.39 is 17.9 Å². The van der Waals surface area contributed by atoms with Gasteiger partial charge in [-0.15, -0.1) is 0 Å². The van der Waals surface area contributed by atoms with Gasteiger partial charge in [0.2, 0.25) is 0 Å². The highest BCUT2D eigenvalue weighted by Gasteiger charge is 2.37. The van der Waals surface area contributed by atoms with E-state index in [1.165, 1.54) is 11.1 Å². The molecule has 8 nitrogen and oxygen atoms in total. The Hall–Kier alpha value is -3.39. The molecule has 150 valence electrons. The summed E-state index contributed by atoms with van der Waals surface area (Å²) < 4.78 is 9.59. The third-order valence-electron chi connectivity index (χ3n) is 4.80.